The maximum Gasteiger partial charge on any atom is 0.322 e. The Kier molecular flexibility index (Phi) is 8.48. The molecule has 190 valence electrons. The lowest BCUT2D eigenvalue weighted by Gasteiger charge is -2.38. The number of halogens is 2. The first-order chi connectivity index (χ1) is 17.4. The van der Waals surface area contributed by atoms with Crippen LogP contribution in [0.4, 0.5) is 14.9 Å². The van der Waals surface area contributed by atoms with E-state index in [1.807, 2.05) is 25.3 Å². The average molecular weight is 530 g/mol. The van der Waals surface area contributed by atoms with Gasteiger partial charge in [0.1, 0.15) is 24.7 Å². The summed E-state index contributed by atoms with van der Waals surface area (Å²) in [5, 5.41) is 5.38. The number of rotatable bonds is 8. The van der Waals surface area contributed by atoms with Crippen LogP contribution < -0.4 is 10.1 Å². The van der Waals surface area contributed by atoms with Gasteiger partial charge in [-0.05, 0) is 67.1 Å². The van der Waals surface area contributed by atoms with Crippen molar-refractivity contribution in [2.75, 3.05) is 25.0 Å². The molecule has 2 heterocycles. The summed E-state index contributed by atoms with van der Waals surface area (Å²) in [5.74, 6) is -0.136. The summed E-state index contributed by atoms with van der Waals surface area (Å²) >= 11 is 7.71. The maximum atomic E-state index is 13.6. The average Bonchev–Trinajstić information content (AvgIpc) is 3.34. The number of nitrogens with zero attached hydrogens (tertiary/aromatic N) is 2. The standard InChI is InChI=1S/C27H29ClFN3O3S/c1-3-18(2)32(27(34)30-21-8-4-6-19(28)14-21)16-26(33)31-12-10-25-23(11-13-36-25)24(31)17-35-22-9-5-7-20(29)15-22/h4-9,11,13-15,18,24H,3,10,12,16-17H2,1-2H3,(H,30,34). The molecule has 3 aromatic rings. The fraction of sp³-hybridized carbons (Fsp3) is 0.333. The molecule has 2 unspecified atom stereocenters. The van der Waals surface area contributed by atoms with E-state index >= 15 is 0 Å². The van der Waals surface area contributed by atoms with Gasteiger partial charge in [0.2, 0.25) is 5.91 Å². The zero-order valence-electron chi connectivity index (χ0n) is 20.2. The molecule has 9 heteroatoms. The molecule has 1 N–H and O–H groups in total. The second-order valence-corrected chi connectivity index (χ2v) is 10.2. The number of fused-ring (bicyclic) bond motifs is 1. The lowest BCUT2D eigenvalue weighted by Crippen LogP contribution is -2.50. The van der Waals surface area contributed by atoms with Gasteiger partial charge >= 0.3 is 6.03 Å². The van der Waals surface area contributed by atoms with Gasteiger partial charge in [-0.2, -0.15) is 0 Å². The number of nitrogens with one attached hydrogen (secondary N) is 1. The summed E-state index contributed by atoms with van der Waals surface area (Å²) in [6.07, 6.45) is 1.43. The van der Waals surface area contributed by atoms with Gasteiger partial charge in [0.05, 0.1) is 6.04 Å². The highest BCUT2D eigenvalue weighted by atomic mass is 35.5. The van der Waals surface area contributed by atoms with Gasteiger partial charge < -0.3 is 19.9 Å². The van der Waals surface area contributed by atoms with E-state index in [9.17, 15) is 14.0 Å². The smallest absolute Gasteiger partial charge is 0.322 e. The fourth-order valence-corrected chi connectivity index (χ4v) is 5.37. The molecule has 0 saturated heterocycles. The van der Waals surface area contributed by atoms with E-state index in [4.69, 9.17) is 16.3 Å². The summed E-state index contributed by atoms with van der Waals surface area (Å²) in [7, 11) is 0. The molecule has 1 aliphatic rings. The predicted molar refractivity (Wildman–Crippen MR) is 141 cm³/mol. The summed E-state index contributed by atoms with van der Waals surface area (Å²) in [4.78, 5) is 31.3. The van der Waals surface area contributed by atoms with Crippen LogP contribution in [0.3, 0.4) is 0 Å². The number of hydrogen-bond acceptors (Lipinski definition) is 4. The number of urea groups is 1. The van der Waals surface area contributed by atoms with E-state index in [1.54, 1.807) is 57.5 Å². The van der Waals surface area contributed by atoms with E-state index in [2.05, 4.69) is 5.32 Å². The van der Waals surface area contributed by atoms with Crippen molar-refractivity contribution >= 4 is 40.6 Å². The minimum absolute atomic E-state index is 0.0721. The van der Waals surface area contributed by atoms with Crippen LogP contribution in [0.25, 0.3) is 0 Å². The minimum Gasteiger partial charge on any atom is -0.491 e. The number of anilines is 1. The van der Waals surface area contributed by atoms with Gasteiger partial charge in [-0.1, -0.05) is 30.7 Å². The Morgan fingerprint density at radius 1 is 1.25 bits per heavy atom. The molecular weight excluding hydrogens is 501 g/mol. The lowest BCUT2D eigenvalue weighted by atomic mass is 10.00. The van der Waals surface area contributed by atoms with Gasteiger partial charge in [-0.3, -0.25) is 4.79 Å². The molecular formula is C27H29ClFN3O3S. The zero-order valence-corrected chi connectivity index (χ0v) is 21.8. The van der Waals surface area contributed by atoms with Crippen molar-refractivity contribution in [2.45, 2.75) is 38.8 Å². The summed E-state index contributed by atoms with van der Waals surface area (Å²) in [6.45, 7) is 4.54. The van der Waals surface area contributed by atoms with Crippen molar-refractivity contribution in [3.8, 4) is 5.75 Å². The molecule has 3 amide bonds. The van der Waals surface area contributed by atoms with Crippen molar-refractivity contribution in [1.82, 2.24) is 9.80 Å². The molecule has 1 aliphatic heterocycles. The molecule has 4 rings (SSSR count). The van der Waals surface area contributed by atoms with Crippen LogP contribution >= 0.6 is 22.9 Å². The van der Waals surface area contributed by atoms with E-state index in [-0.39, 0.29) is 43.0 Å². The Morgan fingerprint density at radius 3 is 2.81 bits per heavy atom. The number of amides is 3. The molecule has 0 spiro atoms. The quantitative estimate of drug-likeness (QED) is 0.368. The van der Waals surface area contributed by atoms with E-state index in [0.717, 1.165) is 12.0 Å². The summed E-state index contributed by atoms with van der Waals surface area (Å²) < 4.78 is 19.5. The van der Waals surface area contributed by atoms with Gasteiger partial charge in [0.15, 0.2) is 0 Å². The first-order valence-electron chi connectivity index (χ1n) is 11.9. The molecule has 0 saturated carbocycles. The van der Waals surface area contributed by atoms with Crippen LogP contribution in [0, 0.1) is 5.82 Å². The molecule has 0 fully saturated rings. The summed E-state index contributed by atoms with van der Waals surface area (Å²) in [5.41, 5.74) is 1.60. The van der Waals surface area contributed by atoms with E-state index in [1.165, 1.54) is 17.0 Å². The lowest BCUT2D eigenvalue weighted by molar-refractivity contribution is -0.135. The number of benzene rings is 2. The van der Waals surface area contributed by atoms with Crippen LogP contribution in [-0.2, 0) is 11.2 Å². The third-order valence-corrected chi connectivity index (χ3v) is 7.62. The molecule has 0 bridgehead atoms. The molecule has 2 atom stereocenters. The predicted octanol–water partition coefficient (Wildman–Crippen LogP) is 6.38. The highest BCUT2D eigenvalue weighted by Crippen LogP contribution is 2.34. The fourth-order valence-electron chi connectivity index (χ4n) is 4.25. The molecule has 0 radical (unpaired) electrons. The van der Waals surface area contributed by atoms with Crippen LogP contribution in [0.15, 0.2) is 60.0 Å². The van der Waals surface area contributed by atoms with Gasteiger partial charge in [0, 0.05) is 34.2 Å². The largest absolute Gasteiger partial charge is 0.491 e. The van der Waals surface area contributed by atoms with Gasteiger partial charge in [-0.15, -0.1) is 11.3 Å². The Labute approximate surface area is 219 Å². The third kappa shape index (κ3) is 6.17. The number of carbonyl (C=O) groups is 2. The first kappa shape index (κ1) is 26.0. The van der Waals surface area contributed by atoms with Crippen LogP contribution in [0.2, 0.25) is 5.02 Å². The number of carbonyl (C=O) groups excluding carboxylic acids is 2. The highest BCUT2D eigenvalue weighted by molar-refractivity contribution is 7.10. The third-order valence-electron chi connectivity index (χ3n) is 6.38. The molecule has 6 nitrogen and oxygen atoms in total. The van der Waals surface area contributed by atoms with Crippen molar-refractivity contribution in [3.05, 3.63) is 81.3 Å². The second-order valence-electron chi connectivity index (χ2n) is 8.75. The van der Waals surface area contributed by atoms with Crippen LogP contribution in [-0.4, -0.2) is 47.5 Å². The molecule has 2 aromatic carbocycles. The number of thiophene rings is 1. The van der Waals surface area contributed by atoms with Crippen molar-refractivity contribution < 1.29 is 18.7 Å². The monoisotopic (exact) mass is 529 g/mol. The molecule has 36 heavy (non-hydrogen) atoms. The number of hydrogen-bond donors (Lipinski definition) is 1. The van der Waals surface area contributed by atoms with Crippen molar-refractivity contribution in [3.63, 3.8) is 0 Å². The maximum absolute atomic E-state index is 13.6. The van der Waals surface area contributed by atoms with E-state index in [0.29, 0.717) is 29.4 Å². The van der Waals surface area contributed by atoms with Crippen LogP contribution in [0.5, 0.6) is 5.75 Å². The minimum atomic E-state index is -0.379. The Bertz CT molecular complexity index is 1220. The Balaban J connectivity index is 1.51. The number of ether oxygens (including phenoxy) is 1. The van der Waals surface area contributed by atoms with Crippen LogP contribution in [0.1, 0.15) is 36.8 Å². The first-order valence-corrected chi connectivity index (χ1v) is 13.2. The van der Waals surface area contributed by atoms with E-state index < -0.39 is 0 Å². The Hall–Kier alpha value is -3.10. The highest BCUT2D eigenvalue weighted by Gasteiger charge is 2.34. The second kappa shape index (κ2) is 11.8. The molecule has 1 aromatic heterocycles. The van der Waals surface area contributed by atoms with Gasteiger partial charge in [-0.25, -0.2) is 9.18 Å². The van der Waals surface area contributed by atoms with Crippen molar-refractivity contribution in [1.29, 1.82) is 0 Å². The molecule has 0 aliphatic carbocycles. The normalized spacial score (nSPS) is 15.7. The van der Waals surface area contributed by atoms with Crippen molar-refractivity contribution in [2.24, 2.45) is 0 Å². The SMILES string of the molecule is CCC(C)N(CC(=O)N1CCc2sccc2C1COc1cccc(F)c1)C(=O)Nc1cccc(Cl)c1. The Morgan fingerprint density at radius 2 is 2.06 bits per heavy atom. The van der Waals surface area contributed by atoms with Gasteiger partial charge in [0.25, 0.3) is 0 Å². The topological polar surface area (TPSA) is 61.9 Å². The summed E-state index contributed by atoms with van der Waals surface area (Å²) in [6, 6.07) is 14.0. The zero-order chi connectivity index (χ0) is 25.7.